The topological polar surface area (TPSA) is 90.0 Å². The number of aryl methyl sites for hydroxylation is 1. The van der Waals surface area contributed by atoms with Crippen molar-refractivity contribution in [2.45, 2.75) is 16.4 Å². The van der Waals surface area contributed by atoms with Crippen LogP contribution in [0.3, 0.4) is 0 Å². The highest BCUT2D eigenvalue weighted by atomic mass is 32.2. The summed E-state index contributed by atoms with van der Waals surface area (Å²) in [5.41, 5.74) is 0.385. The Balaban J connectivity index is 2.36. The van der Waals surface area contributed by atoms with Crippen LogP contribution >= 0.6 is 23.5 Å². The Hall–Kier alpha value is -1.48. The predicted molar refractivity (Wildman–Crippen MR) is 71.9 cm³/mol. The summed E-state index contributed by atoms with van der Waals surface area (Å²) in [6, 6.07) is -0.850. The van der Waals surface area contributed by atoms with Gasteiger partial charge in [0.05, 0.1) is 0 Å². The Labute approximate surface area is 116 Å². The van der Waals surface area contributed by atoms with Gasteiger partial charge in [-0.2, -0.15) is 0 Å². The second-order valence-corrected chi connectivity index (χ2v) is 5.82. The van der Waals surface area contributed by atoms with E-state index in [0.717, 1.165) is 0 Å². The van der Waals surface area contributed by atoms with E-state index in [4.69, 9.17) is 5.11 Å². The van der Waals surface area contributed by atoms with Crippen molar-refractivity contribution in [3.63, 3.8) is 0 Å². The molecular weight excluding hydrogens is 288 g/mol. The number of carboxylic acid groups (broad SMARTS) is 1. The molecule has 1 unspecified atom stereocenters. The third-order valence-electron chi connectivity index (χ3n) is 3.01. The summed E-state index contributed by atoms with van der Waals surface area (Å²) in [6.07, 6.45) is 1.86. The SMILES string of the molecule is CSc1nc2nc3n(c(=O)c2n1C)C(C(=O)O)CS3. The van der Waals surface area contributed by atoms with Gasteiger partial charge >= 0.3 is 5.97 Å². The van der Waals surface area contributed by atoms with Gasteiger partial charge in [-0.25, -0.2) is 14.8 Å². The summed E-state index contributed by atoms with van der Waals surface area (Å²) in [7, 11) is 1.73. The van der Waals surface area contributed by atoms with Gasteiger partial charge in [0, 0.05) is 12.8 Å². The van der Waals surface area contributed by atoms with Crippen LogP contribution in [0, 0.1) is 0 Å². The lowest BCUT2D eigenvalue weighted by Gasteiger charge is -2.08. The Kier molecular flexibility index (Phi) is 2.82. The average Bonchev–Trinajstić information content (AvgIpc) is 2.91. The first-order valence-electron chi connectivity index (χ1n) is 5.43. The van der Waals surface area contributed by atoms with E-state index in [1.165, 1.54) is 28.1 Å². The standard InChI is InChI=1S/C10H10N4O3S2/c1-13-5-6(11-9(13)18-2)12-10-14(7(5)15)4(3-19-10)8(16)17/h4H,3H2,1-2H3,(H,16,17). The highest BCUT2D eigenvalue weighted by Crippen LogP contribution is 2.31. The molecule has 0 saturated heterocycles. The van der Waals surface area contributed by atoms with E-state index in [-0.39, 0.29) is 5.56 Å². The van der Waals surface area contributed by atoms with E-state index in [1.54, 1.807) is 11.6 Å². The molecule has 9 heteroatoms. The molecule has 2 aromatic heterocycles. The molecule has 0 spiro atoms. The van der Waals surface area contributed by atoms with Crippen molar-refractivity contribution in [1.82, 2.24) is 19.1 Å². The fourth-order valence-electron chi connectivity index (χ4n) is 2.10. The molecule has 7 nitrogen and oxygen atoms in total. The second kappa shape index (κ2) is 4.27. The number of carbonyl (C=O) groups is 1. The molecule has 19 heavy (non-hydrogen) atoms. The Bertz CT molecular complexity index is 751. The van der Waals surface area contributed by atoms with Gasteiger partial charge in [0.2, 0.25) is 0 Å². The van der Waals surface area contributed by atoms with Crippen molar-refractivity contribution in [3.05, 3.63) is 10.4 Å². The summed E-state index contributed by atoms with van der Waals surface area (Å²) < 4.78 is 2.91. The van der Waals surface area contributed by atoms with Crippen molar-refractivity contribution in [1.29, 1.82) is 0 Å². The largest absolute Gasteiger partial charge is 0.480 e. The predicted octanol–water partition coefficient (Wildman–Crippen LogP) is 0.583. The highest BCUT2D eigenvalue weighted by molar-refractivity contribution is 7.99. The minimum Gasteiger partial charge on any atom is -0.480 e. The van der Waals surface area contributed by atoms with Crippen LogP contribution in [-0.2, 0) is 11.8 Å². The number of aromatic nitrogens is 4. The second-order valence-electron chi connectivity index (χ2n) is 4.06. The zero-order valence-electron chi connectivity index (χ0n) is 10.2. The highest BCUT2D eigenvalue weighted by Gasteiger charge is 2.32. The van der Waals surface area contributed by atoms with Crippen molar-refractivity contribution in [2.75, 3.05) is 12.0 Å². The first kappa shape index (κ1) is 12.5. The van der Waals surface area contributed by atoms with Crippen LogP contribution in [0.2, 0.25) is 0 Å². The van der Waals surface area contributed by atoms with Gasteiger partial charge < -0.3 is 9.67 Å². The molecule has 1 N–H and O–H groups in total. The normalized spacial score (nSPS) is 17.9. The molecule has 1 aliphatic heterocycles. The first-order chi connectivity index (χ1) is 9.04. The number of carboxylic acids is 1. The number of nitrogens with zero attached hydrogens (tertiary/aromatic N) is 4. The average molecular weight is 298 g/mol. The third kappa shape index (κ3) is 1.68. The first-order valence-corrected chi connectivity index (χ1v) is 7.64. The van der Waals surface area contributed by atoms with Gasteiger partial charge in [0.25, 0.3) is 5.56 Å². The summed E-state index contributed by atoms with van der Waals surface area (Å²) >= 11 is 2.69. The van der Waals surface area contributed by atoms with Gasteiger partial charge in [0.1, 0.15) is 6.04 Å². The van der Waals surface area contributed by atoms with E-state index < -0.39 is 12.0 Å². The number of thioether (sulfide) groups is 2. The molecule has 0 amide bonds. The maximum absolute atomic E-state index is 12.5. The Morgan fingerprint density at radius 2 is 2.26 bits per heavy atom. The molecule has 0 bridgehead atoms. The van der Waals surface area contributed by atoms with Gasteiger partial charge in [-0.3, -0.25) is 9.36 Å². The fourth-order valence-corrected chi connectivity index (χ4v) is 3.74. The summed E-state index contributed by atoms with van der Waals surface area (Å²) in [5, 5.41) is 10.3. The lowest BCUT2D eigenvalue weighted by Crippen LogP contribution is -2.30. The monoisotopic (exact) mass is 298 g/mol. The maximum atomic E-state index is 12.5. The minimum absolute atomic E-state index is 0.323. The third-order valence-corrected chi connectivity index (χ3v) is 4.77. The number of hydrogen-bond donors (Lipinski definition) is 1. The van der Waals surface area contributed by atoms with Gasteiger partial charge in [0.15, 0.2) is 21.5 Å². The van der Waals surface area contributed by atoms with Crippen LogP contribution < -0.4 is 5.56 Å². The van der Waals surface area contributed by atoms with E-state index in [2.05, 4.69) is 9.97 Å². The van der Waals surface area contributed by atoms with E-state index in [1.807, 2.05) is 6.26 Å². The number of fused-ring (bicyclic) bond motifs is 2. The molecule has 0 aliphatic carbocycles. The van der Waals surface area contributed by atoms with Crippen molar-refractivity contribution >= 4 is 40.7 Å². The molecule has 0 fully saturated rings. The number of rotatable bonds is 2. The molecule has 0 aromatic carbocycles. The van der Waals surface area contributed by atoms with E-state index >= 15 is 0 Å². The zero-order chi connectivity index (χ0) is 13.7. The molecule has 3 rings (SSSR count). The number of imidazole rings is 1. The zero-order valence-corrected chi connectivity index (χ0v) is 11.8. The fraction of sp³-hybridized carbons (Fsp3) is 0.400. The van der Waals surface area contributed by atoms with Gasteiger partial charge in [-0.1, -0.05) is 23.5 Å². The van der Waals surface area contributed by atoms with Crippen LogP contribution in [0.5, 0.6) is 0 Å². The van der Waals surface area contributed by atoms with Crippen LogP contribution in [0.4, 0.5) is 0 Å². The summed E-state index contributed by atoms with van der Waals surface area (Å²) in [4.78, 5) is 32.2. The van der Waals surface area contributed by atoms with Crippen molar-refractivity contribution in [3.8, 4) is 0 Å². The quantitative estimate of drug-likeness (QED) is 0.640. The van der Waals surface area contributed by atoms with Gasteiger partial charge in [-0.15, -0.1) is 0 Å². The molecule has 0 radical (unpaired) electrons. The van der Waals surface area contributed by atoms with Crippen LogP contribution in [-0.4, -0.2) is 42.2 Å². The summed E-state index contributed by atoms with van der Waals surface area (Å²) in [6.45, 7) is 0. The van der Waals surface area contributed by atoms with E-state index in [0.29, 0.717) is 27.2 Å². The van der Waals surface area contributed by atoms with Crippen LogP contribution in [0.15, 0.2) is 15.1 Å². The molecule has 1 aliphatic rings. The van der Waals surface area contributed by atoms with Crippen LogP contribution in [0.25, 0.3) is 11.2 Å². The number of aliphatic carboxylic acids is 1. The minimum atomic E-state index is -1.01. The molecule has 1 atom stereocenters. The lowest BCUT2D eigenvalue weighted by molar-refractivity contribution is -0.140. The van der Waals surface area contributed by atoms with Gasteiger partial charge in [-0.05, 0) is 6.26 Å². The molecule has 2 aromatic rings. The van der Waals surface area contributed by atoms with Crippen molar-refractivity contribution < 1.29 is 9.90 Å². The van der Waals surface area contributed by atoms with E-state index in [9.17, 15) is 9.59 Å². The number of hydrogen-bond acceptors (Lipinski definition) is 6. The Morgan fingerprint density at radius 1 is 1.53 bits per heavy atom. The molecular formula is C10H10N4O3S2. The maximum Gasteiger partial charge on any atom is 0.327 e. The smallest absolute Gasteiger partial charge is 0.327 e. The Morgan fingerprint density at radius 3 is 2.89 bits per heavy atom. The molecule has 0 saturated carbocycles. The molecule has 3 heterocycles. The van der Waals surface area contributed by atoms with Crippen molar-refractivity contribution in [2.24, 2.45) is 7.05 Å². The lowest BCUT2D eigenvalue weighted by atomic mass is 10.3. The van der Waals surface area contributed by atoms with Crippen LogP contribution in [0.1, 0.15) is 6.04 Å². The molecule has 100 valence electrons. The summed E-state index contributed by atoms with van der Waals surface area (Å²) in [5.74, 6) is -0.690.